The van der Waals surface area contributed by atoms with Gasteiger partial charge in [0.2, 0.25) is 0 Å². The molecule has 0 bridgehead atoms. The van der Waals surface area contributed by atoms with Crippen LogP contribution in [0, 0.1) is 0 Å². The highest BCUT2D eigenvalue weighted by Gasteiger charge is 2.21. The average molecular weight is 288 g/mol. The maximum atomic E-state index is 4.30. The second-order valence-electron chi connectivity index (χ2n) is 6.84. The normalized spacial score (nSPS) is 18.2. The SMILES string of the molecule is CC(C)(C)n1cc(CN2CCC(n3ccnc3)CC2)nn1. The largest absolute Gasteiger partial charge is 0.334 e. The molecular formula is C15H24N6. The van der Waals surface area contributed by atoms with Crippen molar-refractivity contribution >= 4 is 0 Å². The highest BCUT2D eigenvalue weighted by Crippen LogP contribution is 2.23. The van der Waals surface area contributed by atoms with Crippen LogP contribution >= 0.6 is 0 Å². The standard InChI is InChI=1S/C15H24N6/c1-15(2,3)21-11-13(17-18-21)10-19-7-4-14(5-8-19)20-9-6-16-12-20/h6,9,11-12,14H,4-5,7-8,10H2,1-3H3. The van der Waals surface area contributed by atoms with E-state index >= 15 is 0 Å². The second kappa shape index (κ2) is 5.60. The zero-order valence-corrected chi connectivity index (χ0v) is 13.1. The minimum Gasteiger partial charge on any atom is -0.334 e. The predicted octanol–water partition coefficient (Wildman–Crippen LogP) is 2.07. The highest BCUT2D eigenvalue weighted by molar-refractivity contribution is 4.95. The first-order valence-electron chi connectivity index (χ1n) is 7.64. The van der Waals surface area contributed by atoms with Gasteiger partial charge in [-0.15, -0.1) is 5.10 Å². The van der Waals surface area contributed by atoms with Crippen molar-refractivity contribution in [1.82, 2.24) is 29.4 Å². The molecule has 0 spiro atoms. The van der Waals surface area contributed by atoms with Gasteiger partial charge in [0, 0.05) is 38.1 Å². The van der Waals surface area contributed by atoms with E-state index in [9.17, 15) is 0 Å². The third kappa shape index (κ3) is 3.32. The molecule has 1 fully saturated rings. The molecule has 1 saturated heterocycles. The highest BCUT2D eigenvalue weighted by atomic mass is 15.4. The summed E-state index contributed by atoms with van der Waals surface area (Å²) >= 11 is 0. The summed E-state index contributed by atoms with van der Waals surface area (Å²) in [5, 5.41) is 8.54. The molecule has 0 amide bonds. The van der Waals surface area contributed by atoms with E-state index in [0.29, 0.717) is 6.04 Å². The van der Waals surface area contributed by atoms with Crippen LogP contribution in [-0.2, 0) is 12.1 Å². The monoisotopic (exact) mass is 288 g/mol. The fraction of sp³-hybridized carbons (Fsp3) is 0.667. The number of aromatic nitrogens is 5. The minimum atomic E-state index is -0.000331. The lowest BCUT2D eigenvalue weighted by Crippen LogP contribution is -2.34. The van der Waals surface area contributed by atoms with Crippen LogP contribution in [0.25, 0.3) is 0 Å². The Hall–Kier alpha value is -1.69. The van der Waals surface area contributed by atoms with Gasteiger partial charge >= 0.3 is 0 Å². The van der Waals surface area contributed by atoms with E-state index in [-0.39, 0.29) is 5.54 Å². The zero-order valence-electron chi connectivity index (χ0n) is 13.1. The Morgan fingerprint density at radius 3 is 2.57 bits per heavy atom. The Bertz CT molecular complexity index is 557. The number of hydrogen-bond acceptors (Lipinski definition) is 4. The van der Waals surface area contributed by atoms with Gasteiger partial charge in [0.15, 0.2) is 0 Å². The smallest absolute Gasteiger partial charge is 0.0967 e. The Labute approximate surface area is 125 Å². The molecule has 1 aliphatic heterocycles. The van der Waals surface area contributed by atoms with Gasteiger partial charge in [0.05, 0.1) is 23.8 Å². The summed E-state index contributed by atoms with van der Waals surface area (Å²) in [6.07, 6.45) is 10.3. The van der Waals surface area contributed by atoms with E-state index in [2.05, 4.69) is 57.9 Å². The van der Waals surface area contributed by atoms with Gasteiger partial charge in [0.25, 0.3) is 0 Å². The molecule has 6 heteroatoms. The zero-order chi connectivity index (χ0) is 14.9. The van der Waals surface area contributed by atoms with Crippen LogP contribution < -0.4 is 0 Å². The van der Waals surface area contributed by atoms with Crippen LogP contribution in [0.2, 0.25) is 0 Å². The first kappa shape index (κ1) is 14.3. The van der Waals surface area contributed by atoms with Crippen LogP contribution in [-0.4, -0.2) is 42.5 Å². The molecule has 0 radical (unpaired) electrons. The topological polar surface area (TPSA) is 51.8 Å². The van der Waals surface area contributed by atoms with Crippen molar-refractivity contribution in [2.45, 2.75) is 51.7 Å². The molecule has 0 saturated carbocycles. The third-order valence-corrected chi connectivity index (χ3v) is 4.12. The lowest BCUT2D eigenvalue weighted by atomic mass is 10.0. The average Bonchev–Trinajstić information content (AvgIpc) is 3.09. The summed E-state index contributed by atoms with van der Waals surface area (Å²) in [7, 11) is 0. The van der Waals surface area contributed by atoms with Crippen molar-refractivity contribution < 1.29 is 0 Å². The fourth-order valence-corrected chi connectivity index (χ4v) is 2.79. The summed E-state index contributed by atoms with van der Waals surface area (Å²) in [6.45, 7) is 9.52. The number of hydrogen-bond donors (Lipinski definition) is 0. The van der Waals surface area contributed by atoms with Gasteiger partial charge in [-0.05, 0) is 33.6 Å². The summed E-state index contributed by atoms with van der Waals surface area (Å²) in [5.74, 6) is 0. The van der Waals surface area contributed by atoms with E-state index in [1.807, 2.05) is 17.2 Å². The van der Waals surface area contributed by atoms with Gasteiger partial charge < -0.3 is 4.57 Å². The molecule has 3 heterocycles. The number of nitrogens with zero attached hydrogens (tertiary/aromatic N) is 6. The van der Waals surface area contributed by atoms with Gasteiger partial charge in [-0.2, -0.15) is 0 Å². The summed E-state index contributed by atoms with van der Waals surface area (Å²) in [4.78, 5) is 6.60. The van der Waals surface area contributed by atoms with Crippen LogP contribution in [0.4, 0.5) is 0 Å². The van der Waals surface area contributed by atoms with E-state index < -0.39 is 0 Å². The Morgan fingerprint density at radius 2 is 2.00 bits per heavy atom. The van der Waals surface area contributed by atoms with E-state index in [1.165, 1.54) is 12.8 Å². The maximum absolute atomic E-state index is 4.30. The van der Waals surface area contributed by atoms with Crippen molar-refractivity contribution in [2.24, 2.45) is 0 Å². The first-order chi connectivity index (χ1) is 10.0. The van der Waals surface area contributed by atoms with Gasteiger partial charge in [0.1, 0.15) is 0 Å². The molecule has 1 aliphatic rings. The predicted molar refractivity (Wildman–Crippen MR) is 80.8 cm³/mol. The van der Waals surface area contributed by atoms with Crippen molar-refractivity contribution in [2.75, 3.05) is 13.1 Å². The van der Waals surface area contributed by atoms with Crippen LogP contribution in [0.15, 0.2) is 24.9 Å². The summed E-state index contributed by atoms with van der Waals surface area (Å²) in [6, 6.07) is 0.592. The lowest BCUT2D eigenvalue weighted by Gasteiger charge is -2.31. The summed E-state index contributed by atoms with van der Waals surface area (Å²) < 4.78 is 4.17. The third-order valence-electron chi connectivity index (χ3n) is 4.12. The number of imidazole rings is 1. The molecule has 0 N–H and O–H groups in total. The molecular weight excluding hydrogens is 264 g/mol. The molecule has 2 aromatic rings. The van der Waals surface area contributed by atoms with Crippen molar-refractivity contribution in [3.8, 4) is 0 Å². The Kier molecular flexibility index (Phi) is 3.80. The molecule has 0 atom stereocenters. The van der Waals surface area contributed by atoms with Crippen LogP contribution in [0.3, 0.4) is 0 Å². The molecule has 21 heavy (non-hydrogen) atoms. The molecule has 114 valence electrons. The van der Waals surface area contributed by atoms with E-state index in [0.717, 1.165) is 25.3 Å². The van der Waals surface area contributed by atoms with Gasteiger partial charge in [-0.1, -0.05) is 5.21 Å². The van der Waals surface area contributed by atoms with E-state index in [4.69, 9.17) is 0 Å². The minimum absolute atomic E-state index is 0.000331. The van der Waals surface area contributed by atoms with Crippen molar-refractivity contribution in [1.29, 1.82) is 0 Å². The molecule has 0 unspecified atom stereocenters. The maximum Gasteiger partial charge on any atom is 0.0967 e. The molecule has 0 aromatic carbocycles. The first-order valence-corrected chi connectivity index (χ1v) is 7.64. The van der Waals surface area contributed by atoms with Gasteiger partial charge in [-0.25, -0.2) is 9.67 Å². The van der Waals surface area contributed by atoms with Crippen molar-refractivity contribution in [3.05, 3.63) is 30.6 Å². The van der Waals surface area contributed by atoms with Gasteiger partial charge in [-0.3, -0.25) is 4.90 Å². The molecule has 2 aromatic heterocycles. The lowest BCUT2D eigenvalue weighted by molar-refractivity contribution is 0.178. The molecule has 6 nitrogen and oxygen atoms in total. The van der Waals surface area contributed by atoms with E-state index in [1.54, 1.807) is 0 Å². The quantitative estimate of drug-likeness (QED) is 0.867. The number of likely N-dealkylation sites (tertiary alicyclic amines) is 1. The van der Waals surface area contributed by atoms with Crippen LogP contribution in [0.5, 0.6) is 0 Å². The second-order valence-corrected chi connectivity index (χ2v) is 6.84. The Balaban J connectivity index is 1.55. The Morgan fingerprint density at radius 1 is 1.24 bits per heavy atom. The van der Waals surface area contributed by atoms with Crippen molar-refractivity contribution in [3.63, 3.8) is 0 Å². The summed E-state index contributed by atoms with van der Waals surface area (Å²) in [5.41, 5.74) is 1.06. The molecule has 3 rings (SSSR count). The van der Waals surface area contributed by atoms with Crippen LogP contribution in [0.1, 0.15) is 45.3 Å². The molecule has 0 aliphatic carbocycles. The number of rotatable bonds is 3. The fourth-order valence-electron chi connectivity index (χ4n) is 2.79. The number of piperidine rings is 1.